The average Bonchev–Trinajstić information content (AvgIpc) is 3.11. The fourth-order valence-corrected chi connectivity index (χ4v) is 4.14. The van der Waals surface area contributed by atoms with Gasteiger partial charge in [-0.05, 0) is 42.2 Å². The number of nitrogens with one attached hydrogen (secondary N) is 1. The molecule has 6 nitrogen and oxygen atoms in total. The van der Waals surface area contributed by atoms with Crippen molar-refractivity contribution in [3.8, 4) is 22.5 Å². The molecule has 0 bridgehead atoms. The lowest BCUT2D eigenvalue weighted by atomic mass is 9.88. The van der Waals surface area contributed by atoms with Gasteiger partial charge in [-0.25, -0.2) is 4.79 Å². The average molecular weight is 443 g/mol. The minimum Gasteiger partial charge on any atom is -0.478 e. The molecule has 0 aliphatic heterocycles. The highest BCUT2D eigenvalue weighted by Gasteiger charge is 2.31. The van der Waals surface area contributed by atoms with Crippen molar-refractivity contribution in [3.63, 3.8) is 0 Å². The van der Waals surface area contributed by atoms with Crippen molar-refractivity contribution < 1.29 is 27.9 Å². The van der Waals surface area contributed by atoms with Gasteiger partial charge in [0.05, 0.1) is 22.5 Å². The van der Waals surface area contributed by atoms with Crippen LogP contribution in [0.4, 0.5) is 13.2 Å². The zero-order valence-corrected chi connectivity index (χ0v) is 16.9. The second-order valence-corrected chi connectivity index (χ2v) is 7.81. The second-order valence-electron chi connectivity index (χ2n) is 7.81. The van der Waals surface area contributed by atoms with Crippen LogP contribution in [0.15, 0.2) is 36.5 Å². The normalized spacial score (nSPS) is 13.9. The number of nitrogens with zero attached hydrogens (tertiary/aromatic N) is 1. The number of carbonyl (C=O) groups excluding carboxylic acids is 1. The van der Waals surface area contributed by atoms with Gasteiger partial charge in [0.15, 0.2) is 0 Å². The van der Waals surface area contributed by atoms with Gasteiger partial charge >= 0.3 is 12.1 Å². The number of hydrogen-bond acceptors (Lipinski definition) is 4. The van der Waals surface area contributed by atoms with Crippen molar-refractivity contribution in [1.29, 1.82) is 0 Å². The lowest BCUT2D eigenvalue weighted by Crippen LogP contribution is -2.24. The van der Waals surface area contributed by atoms with E-state index in [-0.39, 0.29) is 18.4 Å². The predicted molar refractivity (Wildman–Crippen MR) is 111 cm³/mol. The van der Waals surface area contributed by atoms with E-state index in [9.17, 15) is 27.9 Å². The van der Waals surface area contributed by atoms with Crippen LogP contribution in [0, 0.1) is 0 Å². The fourth-order valence-electron chi connectivity index (χ4n) is 4.14. The monoisotopic (exact) mass is 443 g/mol. The minimum absolute atomic E-state index is 0.100. The molecular weight excluding hydrogens is 423 g/mol. The maximum atomic E-state index is 13.1. The van der Waals surface area contributed by atoms with E-state index in [1.807, 2.05) is 0 Å². The van der Waals surface area contributed by atoms with Gasteiger partial charge in [0.2, 0.25) is 0 Å². The molecule has 1 aliphatic rings. The van der Waals surface area contributed by atoms with Gasteiger partial charge in [-0.1, -0.05) is 12.1 Å². The topological polar surface area (TPSA) is 109 Å². The van der Waals surface area contributed by atoms with Crippen LogP contribution in [0.3, 0.4) is 0 Å². The molecule has 32 heavy (non-hydrogen) atoms. The first-order chi connectivity index (χ1) is 15.2. The van der Waals surface area contributed by atoms with Gasteiger partial charge in [-0.15, -0.1) is 0 Å². The molecule has 2 heterocycles. The number of benzene rings is 1. The molecule has 0 amide bonds. The van der Waals surface area contributed by atoms with Crippen LogP contribution < -0.4 is 5.73 Å². The quantitative estimate of drug-likeness (QED) is 0.499. The standard InChI is InChI=1S/C23H20F3N3O3/c24-23(25,26)14-3-1-2-12(8-14)18-10-17-13(11-28-18)4-5-16-20(22(31)32)19(29-21(16)17)9-15(27)6-7-30/h1-3,7-8,10-11,15,29H,4-6,9,27H2,(H,31,32). The molecule has 2 aromatic heterocycles. The molecule has 0 spiro atoms. The first kappa shape index (κ1) is 21.8. The Hall–Kier alpha value is -3.46. The van der Waals surface area contributed by atoms with E-state index < -0.39 is 23.8 Å². The SMILES string of the molecule is NC(CC=O)Cc1[nH]c2c(c1C(=O)O)CCc1cnc(-c3cccc(C(F)(F)F)c3)cc1-2. The Morgan fingerprint density at radius 2 is 2.06 bits per heavy atom. The van der Waals surface area contributed by atoms with Crippen LogP contribution in [-0.4, -0.2) is 33.4 Å². The summed E-state index contributed by atoms with van der Waals surface area (Å²) < 4.78 is 39.4. The maximum absolute atomic E-state index is 13.1. The number of aldehydes is 1. The number of alkyl halides is 3. The first-order valence-corrected chi connectivity index (χ1v) is 10.0. The van der Waals surface area contributed by atoms with Crippen LogP contribution in [-0.2, 0) is 30.2 Å². The van der Waals surface area contributed by atoms with Gasteiger partial charge in [0.1, 0.15) is 6.29 Å². The number of fused-ring (bicyclic) bond motifs is 3. The summed E-state index contributed by atoms with van der Waals surface area (Å²) in [6.45, 7) is 0. The number of rotatable bonds is 6. The molecule has 3 aromatic rings. The molecule has 0 radical (unpaired) electrons. The van der Waals surface area contributed by atoms with Crippen molar-refractivity contribution in [2.24, 2.45) is 5.73 Å². The zero-order chi connectivity index (χ0) is 23.0. The smallest absolute Gasteiger partial charge is 0.416 e. The number of aromatic amines is 1. The first-order valence-electron chi connectivity index (χ1n) is 10.0. The van der Waals surface area contributed by atoms with Gasteiger partial charge in [0, 0.05) is 41.9 Å². The Morgan fingerprint density at radius 3 is 2.75 bits per heavy atom. The van der Waals surface area contributed by atoms with Crippen molar-refractivity contribution in [2.75, 3.05) is 0 Å². The van der Waals surface area contributed by atoms with Crippen LogP contribution in [0.5, 0.6) is 0 Å². The van der Waals surface area contributed by atoms with E-state index in [1.165, 1.54) is 6.07 Å². The van der Waals surface area contributed by atoms with Crippen LogP contribution in [0.25, 0.3) is 22.5 Å². The summed E-state index contributed by atoms with van der Waals surface area (Å²) in [5, 5.41) is 9.79. The van der Waals surface area contributed by atoms with Crippen molar-refractivity contribution in [2.45, 2.75) is 37.9 Å². The molecule has 0 fully saturated rings. The van der Waals surface area contributed by atoms with Crippen molar-refractivity contribution in [3.05, 3.63) is 64.5 Å². The van der Waals surface area contributed by atoms with Gasteiger partial charge in [0.25, 0.3) is 0 Å². The van der Waals surface area contributed by atoms with Gasteiger partial charge < -0.3 is 20.6 Å². The Bertz CT molecular complexity index is 1200. The zero-order valence-electron chi connectivity index (χ0n) is 16.9. The van der Waals surface area contributed by atoms with E-state index in [0.717, 1.165) is 17.7 Å². The Morgan fingerprint density at radius 1 is 1.28 bits per heavy atom. The number of halogens is 3. The Labute approximate surface area is 181 Å². The molecule has 1 aliphatic carbocycles. The summed E-state index contributed by atoms with van der Waals surface area (Å²) in [5.41, 5.74) is 9.22. The largest absolute Gasteiger partial charge is 0.478 e. The van der Waals surface area contributed by atoms with E-state index in [0.29, 0.717) is 52.9 Å². The lowest BCUT2D eigenvalue weighted by Gasteiger charge is -2.18. The number of hydrogen-bond donors (Lipinski definition) is 3. The second kappa shape index (κ2) is 8.23. The number of carbonyl (C=O) groups is 2. The number of aromatic carboxylic acids is 1. The van der Waals surface area contributed by atoms with Crippen molar-refractivity contribution >= 4 is 12.3 Å². The summed E-state index contributed by atoms with van der Waals surface area (Å²) in [4.78, 5) is 30.2. The molecule has 4 N–H and O–H groups in total. The number of aromatic nitrogens is 2. The van der Waals surface area contributed by atoms with E-state index in [1.54, 1.807) is 18.3 Å². The molecule has 1 unspecified atom stereocenters. The number of H-pyrrole nitrogens is 1. The number of nitrogens with two attached hydrogens (primary N) is 1. The number of carboxylic acids is 1. The highest BCUT2D eigenvalue weighted by molar-refractivity contribution is 5.94. The van der Waals surface area contributed by atoms with Gasteiger partial charge in [-0.2, -0.15) is 13.2 Å². The molecule has 9 heteroatoms. The molecule has 1 aromatic carbocycles. The molecule has 0 saturated heterocycles. The van der Waals surface area contributed by atoms with E-state index in [4.69, 9.17) is 5.73 Å². The Kier molecular flexibility index (Phi) is 5.60. The summed E-state index contributed by atoms with van der Waals surface area (Å²) in [5.74, 6) is -1.09. The highest BCUT2D eigenvalue weighted by Crippen LogP contribution is 2.39. The predicted octanol–water partition coefficient (Wildman–Crippen LogP) is 4.02. The summed E-state index contributed by atoms with van der Waals surface area (Å²) in [7, 11) is 0. The third kappa shape index (κ3) is 4.03. The number of carboxylic acid groups (broad SMARTS) is 1. The third-order valence-electron chi connectivity index (χ3n) is 5.65. The van der Waals surface area contributed by atoms with E-state index >= 15 is 0 Å². The molecular formula is C23H20F3N3O3. The summed E-state index contributed by atoms with van der Waals surface area (Å²) >= 11 is 0. The molecule has 0 saturated carbocycles. The minimum atomic E-state index is -4.47. The summed E-state index contributed by atoms with van der Waals surface area (Å²) in [6.07, 6.45) is -0.840. The van der Waals surface area contributed by atoms with Crippen LogP contribution in [0.1, 0.15) is 39.2 Å². The maximum Gasteiger partial charge on any atom is 0.416 e. The third-order valence-corrected chi connectivity index (χ3v) is 5.65. The van der Waals surface area contributed by atoms with Crippen molar-refractivity contribution in [1.82, 2.24) is 9.97 Å². The number of pyridine rings is 1. The molecule has 4 rings (SSSR count). The molecule has 166 valence electrons. The fraction of sp³-hybridized carbons (Fsp3) is 0.261. The van der Waals surface area contributed by atoms with Crippen LogP contribution >= 0.6 is 0 Å². The van der Waals surface area contributed by atoms with Crippen LogP contribution in [0.2, 0.25) is 0 Å². The molecule has 1 atom stereocenters. The van der Waals surface area contributed by atoms with E-state index in [2.05, 4.69) is 9.97 Å². The number of aryl methyl sites for hydroxylation is 1. The Balaban J connectivity index is 1.80. The lowest BCUT2D eigenvalue weighted by molar-refractivity contribution is -0.137. The van der Waals surface area contributed by atoms with Gasteiger partial charge in [-0.3, -0.25) is 4.98 Å². The highest BCUT2D eigenvalue weighted by atomic mass is 19.4. The summed E-state index contributed by atoms with van der Waals surface area (Å²) in [6, 6.07) is 6.07.